The largest absolute Gasteiger partial charge is 0.476 e. The molecule has 7 heteroatoms. The first-order chi connectivity index (χ1) is 9.02. The van der Waals surface area contributed by atoms with Crippen LogP contribution >= 0.6 is 0 Å². The molecule has 0 amide bonds. The van der Waals surface area contributed by atoms with Crippen LogP contribution in [-0.2, 0) is 9.53 Å². The van der Waals surface area contributed by atoms with Gasteiger partial charge < -0.3 is 15.2 Å². The summed E-state index contributed by atoms with van der Waals surface area (Å²) in [6, 6.07) is 0.00869. The second-order valence-corrected chi connectivity index (χ2v) is 3.98. The van der Waals surface area contributed by atoms with Crippen LogP contribution in [0.2, 0.25) is 0 Å². The number of nitrogens with zero attached hydrogens (tertiary/aromatic N) is 2. The molecule has 0 bridgehead atoms. The Bertz CT molecular complexity index is 433. The van der Waals surface area contributed by atoms with Crippen molar-refractivity contribution in [2.75, 3.05) is 11.9 Å². The molecule has 104 valence electrons. The van der Waals surface area contributed by atoms with Gasteiger partial charge in [0.15, 0.2) is 5.69 Å². The van der Waals surface area contributed by atoms with E-state index >= 15 is 0 Å². The molecule has 0 aromatic carbocycles. The average Bonchev–Trinajstić information content (AvgIpc) is 2.37. The maximum atomic E-state index is 11.2. The van der Waals surface area contributed by atoms with Crippen LogP contribution in [0.1, 0.15) is 37.2 Å². The lowest BCUT2D eigenvalue weighted by atomic mass is 10.2. The molecule has 0 spiro atoms. The normalized spacial score (nSPS) is 11.7. The van der Waals surface area contributed by atoms with Crippen LogP contribution in [0, 0.1) is 0 Å². The minimum Gasteiger partial charge on any atom is -0.476 e. The van der Waals surface area contributed by atoms with Crippen molar-refractivity contribution in [3.8, 4) is 0 Å². The van der Waals surface area contributed by atoms with E-state index in [0.29, 0.717) is 25.3 Å². The molecule has 0 aliphatic heterocycles. The molecule has 2 N–H and O–H groups in total. The van der Waals surface area contributed by atoms with Gasteiger partial charge in [-0.1, -0.05) is 0 Å². The predicted octanol–water partition coefficient (Wildman–Crippen LogP) is 1.32. The number of carbonyl (C=O) groups is 2. The molecule has 1 heterocycles. The van der Waals surface area contributed by atoms with Gasteiger partial charge in [0.2, 0.25) is 0 Å². The smallest absolute Gasteiger partial charge is 0.356 e. The monoisotopic (exact) mass is 267 g/mol. The number of carboxylic acids is 1. The lowest BCUT2D eigenvalue weighted by Gasteiger charge is -2.13. The Hall–Kier alpha value is -2.18. The standard InChI is InChI=1S/C12H17N3O4/c1-3-19-11(16)5-4-8(2)15-10-7-13-9(6-14-10)12(17)18/h6-8H,3-5H2,1-2H3,(H,14,15)(H,17,18). The number of anilines is 1. The summed E-state index contributed by atoms with van der Waals surface area (Å²) in [6.45, 7) is 4.04. The van der Waals surface area contributed by atoms with E-state index in [2.05, 4.69) is 15.3 Å². The molecule has 1 rings (SSSR count). The van der Waals surface area contributed by atoms with Crippen molar-refractivity contribution in [1.82, 2.24) is 9.97 Å². The lowest BCUT2D eigenvalue weighted by molar-refractivity contribution is -0.143. The fourth-order valence-electron chi connectivity index (χ4n) is 1.41. The van der Waals surface area contributed by atoms with Gasteiger partial charge in [-0.3, -0.25) is 4.79 Å². The molecule has 1 atom stereocenters. The van der Waals surface area contributed by atoms with Crippen molar-refractivity contribution >= 4 is 17.8 Å². The van der Waals surface area contributed by atoms with Crippen molar-refractivity contribution < 1.29 is 19.4 Å². The number of esters is 1. The summed E-state index contributed by atoms with van der Waals surface area (Å²) in [7, 11) is 0. The third-order valence-electron chi connectivity index (χ3n) is 2.35. The number of ether oxygens (including phenoxy) is 1. The SMILES string of the molecule is CCOC(=O)CCC(C)Nc1cnc(C(=O)O)cn1. The van der Waals surface area contributed by atoms with Crippen LogP contribution in [0.15, 0.2) is 12.4 Å². The van der Waals surface area contributed by atoms with Crippen LogP contribution in [0.4, 0.5) is 5.82 Å². The van der Waals surface area contributed by atoms with Crippen LogP contribution in [-0.4, -0.2) is 39.7 Å². The van der Waals surface area contributed by atoms with Gasteiger partial charge in [-0.05, 0) is 20.3 Å². The molecule has 1 aromatic rings. The van der Waals surface area contributed by atoms with Gasteiger partial charge in [0.25, 0.3) is 0 Å². The highest BCUT2D eigenvalue weighted by Gasteiger charge is 2.09. The number of hydrogen-bond donors (Lipinski definition) is 2. The molecule has 0 aliphatic carbocycles. The third-order valence-corrected chi connectivity index (χ3v) is 2.35. The van der Waals surface area contributed by atoms with E-state index < -0.39 is 5.97 Å². The van der Waals surface area contributed by atoms with Crippen LogP contribution in [0.5, 0.6) is 0 Å². The first-order valence-corrected chi connectivity index (χ1v) is 6.00. The Kier molecular flexibility index (Phi) is 5.72. The van der Waals surface area contributed by atoms with E-state index in [4.69, 9.17) is 9.84 Å². The topological polar surface area (TPSA) is 101 Å². The maximum absolute atomic E-state index is 11.2. The second kappa shape index (κ2) is 7.30. The van der Waals surface area contributed by atoms with Gasteiger partial charge in [-0.15, -0.1) is 0 Å². The van der Waals surface area contributed by atoms with E-state index in [1.54, 1.807) is 6.92 Å². The van der Waals surface area contributed by atoms with Crippen molar-refractivity contribution in [3.63, 3.8) is 0 Å². The fraction of sp³-hybridized carbons (Fsp3) is 0.500. The van der Waals surface area contributed by atoms with Gasteiger partial charge in [0, 0.05) is 12.5 Å². The summed E-state index contributed by atoms with van der Waals surface area (Å²) >= 11 is 0. The van der Waals surface area contributed by atoms with Crippen molar-refractivity contribution in [3.05, 3.63) is 18.1 Å². The number of hydrogen-bond acceptors (Lipinski definition) is 6. The number of carboxylic acid groups (broad SMARTS) is 1. The Morgan fingerprint density at radius 3 is 2.68 bits per heavy atom. The third kappa shape index (κ3) is 5.33. The van der Waals surface area contributed by atoms with Gasteiger partial charge in [0.1, 0.15) is 5.82 Å². The molecule has 19 heavy (non-hydrogen) atoms. The predicted molar refractivity (Wildman–Crippen MR) is 67.9 cm³/mol. The van der Waals surface area contributed by atoms with Crippen LogP contribution in [0.25, 0.3) is 0 Å². The molecule has 0 aliphatic rings. The first-order valence-electron chi connectivity index (χ1n) is 6.00. The zero-order valence-corrected chi connectivity index (χ0v) is 10.9. The number of carbonyl (C=O) groups excluding carboxylic acids is 1. The molecule has 7 nitrogen and oxygen atoms in total. The number of nitrogens with one attached hydrogen (secondary N) is 1. The fourth-order valence-corrected chi connectivity index (χ4v) is 1.41. The lowest BCUT2D eigenvalue weighted by Crippen LogP contribution is -2.18. The zero-order chi connectivity index (χ0) is 14.3. The number of aromatic carboxylic acids is 1. The summed E-state index contributed by atoms with van der Waals surface area (Å²) in [5.41, 5.74) is -0.107. The van der Waals surface area contributed by atoms with E-state index in [9.17, 15) is 9.59 Å². The number of rotatable bonds is 7. The Balaban J connectivity index is 2.41. The van der Waals surface area contributed by atoms with E-state index in [-0.39, 0.29) is 17.7 Å². The van der Waals surface area contributed by atoms with Gasteiger partial charge in [0.05, 0.1) is 19.0 Å². The summed E-state index contributed by atoms with van der Waals surface area (Å²) in [6.07, 6.45) is 3.46. The average molecular weight is 267 g/mol. The molecule has 0 saturated heterocycles. The minimum absolute atomic E-state index is 0.00869. The number of aromatic nitrogens is 2. The van der Waals surface area contributed by atoms with Gasteiger partial charge >= 0.3 is 11.9 Å². The van der Waals surface area contributed by atoms with Crippen molar-refractivity contribution in [2.45, 2.75) is 32.7 Å². The molecule has 1 aromatic heterocycles. The first kappa shape index (κ1) is 14.9. The quantitative estimate of drug-likeness (QED) is 0.718. The molecule has 0 fully saturated rings. The Morgan fingerprint density at radius 1 is 1.42 bits per heavy atom. The maximum Gasteiger partial charge on any atom is 0.356 e. The molecular formula is C12H17N3O4. The summed E-state index contributed by atoms with van der Waals surface area (Å²) in [5, 5.41) is 11.7. The minimum atomic E-state index is -1.12. The molecule has 0 saturated carbocycles. The Morgan fingerprint density at radius 2 is 2.16 bits per heavy atom. The molecular weight excluding hydrogens is 250 g/mol. The van der Waals surface area contributed by atoms with Crippen molar-refractivity contribution in [2.24, 2.45) is 0 Å². The van der Waals surface area contributed by atoms with Gasteiger partial charge in [-0.25, -0.2) is 14.8 Å². The highest BCUT2D eigenvalue weighted by atomic mass is 16.5. The highest BCUT2D eigenvalue weighted by Crippen LogP contribution is 2.07. The summed E-state index contributed by atoms with van der Waals surface area (Å²) in [5.74, 6) is -0.876. The summed E-state index contributed by atoms with van der Waals surface area (Å²) < 4.78 is 4.82. The van der Waals surface area contributed by atoms with E-state index in [0.717, 1.165) is 0 Å². The zero-order valence-electron chi connectivity index (χ0n) is 10.9. The van der Waals surface area contributed by atoms with E-state index in [1.165, 1.54) is 12.4 Å². The van der Waals surface area contributed by atoms with E-state index in [1.807, 2.05) is 6.92 Å². The van der Waals surface area contributed by atoms with Crippen molar-refractivity contribution in [1.29, 1.82) is 0 Å². The van der Waals surface area contributed by atoms with Gasteiger partial charge in [-0.2, -0.15) is 0 Å². The molecule has 1 unspecified atom stereocenters. The molecule has 0 radical (unpaired) electrons. The van der Waals surface area contributed by atoms with Crippen LogP contribution in [0.3, 0.4) is 0 Å². The summed E-state index contributed by atoms with van der Waals surface area (Å²) in [4.78, 5) is 29.4. The van der Waals surface area contributed by atoms with Crippen LogP contribution < -0.4 is 5.32 Å². The Labute approximate surface area is 111 Å². The highest BCUT2D eigenvalue weighted by molar-refractivity contribution is 5.84. The second-order valence-electron chi connectivity index (χ2n) is 3.98.